The van der Waals surface area contributed by atoms with Crippen molar-refractivity contribution < 1.29 is 0 Å². The fourth-order valence-corrected chi connectivity index (χ4v) is 4.62. The van der Waals surface area contributed by atoms with Crippen molar-refractivity contribution in [2.75, 3.05) is 32.1 Å². The normalized spacial score (nSPS) is 17.0. The number of imidazole rings is 1. The first-order valence-corrected chi connectivity index (χ1v) is 10.4. The van der Waals surface area contributed by atoms with E-state index in [1.165, 1.54) is 11.1 Å². The highest BCUT2D eigenvalue weighted by Gasteiger charge is 2.26. The largest absolute Gasteiger partial charge is 0.369 e. The third-order valence-corrected chi connectivity index (χ3v) is 6.51. The average Bonchev–Trinajstić information content (AvgIpc) is 3.33. The summed E-state index contributed by atoms with van der Waals surface area (Å²) < 4.78 is 2.08. The first-order chi connectivity index (χ1) is 14.4. The number of nitriles is 1. The molecule has 1 fully saturated rings. The molecule has 6 heteroatoms. The first-order valence-electron chi connectivity index (χ1n) is 10.4. The van der Waals surface area contributed by atoms with Gasteiger partial charge in [-0.3, -0.25) is 4.40 Å². The van der Waals surface area contributed by atoms with E-state index in [1.54, 1.807) is 0 Å². The minimum atomic E-state index is 0.535. The molecule has 1 aromatic carbocycles. The summed E-state index contributed by atoms with van der Waals surface area (Å²) in [6.45, 7) is 8.23. The summed E-state index contributed by atoms with van der Waals surface area (Å²) in [5.74, 6) is 0. The van der Waals surface area contributed by atoms with Crippen LogP contribution >= 0.6 is 0 Å². The molecule has 1 aliphatic heterocycles. The van der Waals surface area contributed by atoms with Crippen LogP contribution in [0.4, 0.5) is 5.69 Å². The molecule has 0 N–H and O–H groups in total. The van der Waals surface area contributed by atoms with Gasteiger partial charge >= 0.3 is 0 Å². The Kier molecular flexibility index (Phi) is 4.19. The molecule has 5 rings (SSSR count). The van der Waals surface area contributed by atoms with Crippen LogP contribution in [0.2, 0.25) is 0 Å². The van der Waals surface area contributed by atoms with Gasteiger partial charge in [-0.15, -0.1) is 0 Å². The molecule has 0 unspecified atom stereocenters. The summed E-state index contributed by atoms with van der Waals surface area (Å²) in [6.07, 6.45) is 1.13. The van der Waals surface area contributed by atoms with E-state index in [1.807, 2.05) is 13.0 Å². The molecule has 4 aromatic rings. The number of likely N-dealkylation sites (N-methyl/N-ethyl adjacent to an activating group) is 1. The predicted molar refractivity (Wildman–Crippen MR) is 121 cm³/mol. The van der Waals surface area contributed by atoms with Crippen LogP contribution in [0.5, 0.6) is 0 Å². The van der Waals surface area contributed by atoms with E-state index >= 15 is 0 Å². The topological polar surface area (TPSA) is 60.5 Å². The lowest BCUT2D eigenvalue weighted by Crippen LogP contribution is -2.31. The van der Waals surface area contributed by atoms with Gasteiger partial charge in [-0.2, -0.15) is 5.26 Å². The molecule has 1 atom stereocenters. The van der Waals surface area contributed by atoms with Gasteiger partial charge in [0.2, 0.25) is 0 Å². The van der Waals surface area contributed by atoms with Gasteiger partial charge in [0.25, 0.3) is 0 Å². The maximum Gasteiger partial charge on any atom is 0.157 e. The smallest absolute Gasteiger partial charge is 0.157 e. The number of aryl methyl sites for hydroxylation is 3. The SMILES string of the molecule is Cc1cc(N2CC[C@H](N(C)C)C2)c2cc(C#N)c3nc4cc(C)c(C)cc4n3c2n1. The molecule has 30 heavy (non-hydrogen) atoms. The molecule has 6 nitrogen and oxygen atoms in total. The number of aromatic nitrogens is 3. The monoisotopic (exact) mass is 398 g/mol. The number of nitrogens with zero attached hydrogens (tertiary/aromatic N) is 6. The Morgan fingerprint density at radius 2 is 1.80 bits per heavy atom. The van der Waals surface area contributed by atoms with Crippen LogP contribution in [0.3, 0.4) is 0 Å². The Bertz CT molecular complexity index is 1360. The van der Waals surface area contributed by atoms with Gasteiger partial charge in [-0.1, -0.05) is 0 Å². The molecule has 152 valence electrons. The van der Waals surface area contributed by atoms with Crippen LogP contribution in [0.25, 0.3) is 27.7 Å². The van der Waals surface area contributed by atoms with Crippen molar-refractivity contribution in [2.45, 2.75) is 33.2 Å². The van der Waals surface area contributed by atoms with Gasteiger partial charge in [0.05, 0.1) is 16.6 Å². The lowest BCUT2D eigenvalue weighted by molar-refractivity contribution is 0.315. The second-order valence-electron chi connectivity index (χ2n) is 8.74. The highest BCUT2D eigenvalue weighted by atomic mass is 15.2. The Labute approximate surface area is 176 Å². The number of benzene rings is 1. The maximum atomic E-state index is 9.91. The van der Waals surface area contributed by atoms with Crippen molar-refractivity contribution in [3.05, 3.63) is 46.6 Å². The van der Waals surface area contributed by atoms with Crippen molar-refractivity contribution in [3.63, 3.8) is 0 Å². The number of anilines is 1. The number of hydrogen-bond donors (Lipinski definition) is 0. The lowest BCUT2D eigenvalue weighted by atomic mass is 10.1. The molecule has 0 aliphatic carbocycles. The minimum absolute atomic E-state index is 0.535. The van der Waals surface area contributed by atoms with Crippen LogP contribution < -0.4 is 4.90 Å². The average molecular weight is 399 g/mol. The van der Waals surface area contributed by atoms with Crippen LogP contribution in [0.1, 0.15) is 28.8 Å². The molecule has 1 aliphatic rings. The molecule has 0 saturated carbocycles. The van der Waals surface area contributed by atoms with E-state index in [-0.39, 0.29) is 0 Å². The van der Waals surface area contributed by atoms with Crippen LogP contribution in [0, 0.1) is 32.1 Å². The number of hydrogen-bond acceptors (Lipinski definition) is 5. The fraction of sp³-hybridized carbons (Fsp3) is 0.375. The standard InChI is InChI=1S/C24H26N6/c1-14-8-20-22(9-15(14)2)30-23(27-20)17(12-25)11-19-21(10-16(3)26-24(19)30)29-7-6-18(13-29)28(4)5/h8-11,18H,6-7,13H2,1-5H3/t18-/m0/s1. The minimum Gasteiger partial charge on any atom is -0.369 e. The van der Waals surface area contributed by atoms with E-state index in [4.69, 9.17) is 9.97 Å². The molecule has 1 saturated heterocycles. The molecule has 0 spiro atoms. The molecule has 0 bridgehead atoms. The van der Waals surface area contributed by atoms with Crippen molar-refractivity contribution in [2.24, 2.45) is 0 Å². The Morgan fingerprint density at radius 3 is 2.50 bits per heavy atom. The summed E-state index contributed by atoms with van der Waals surface area (Å²) >= 11 is 0. The number of rotatable bonds is 2. The Morgan fingerprint density at radius 1 is 1.03 bits per heavy atom. The van der Waals surface area contributed by atoms with E-state index < -0.39 is 0 Å². The lowest BCUT2D eigenvalue weighted by Gasteiger charge is -2.23. The van der Waals surface area contributed by atoms with E-state index in [0.29, 0.717) is 17.3 Å². The molecule has 0 radical (unpaired) electrons. The predicted octanol–water partition coefficient (Wildman–Crippen LogP) is 3.97. The Balaban J connectivity index is 1.86. The summed E-state index contributed by atoms with van der Waals surface area (Å²) in [4.78, 5) is 14.5. The summed E-state index contributed by atoms with van der Waals surface area (Å²) in [6, 6.07) is 11.3. The van der Waals surface area contributed by atoms with Crippen molar-refractivity contribution in [3.8, 4) is 6.07 Å². The zero-order chi connectivity index (χ0) is 21.2. The zero-order valence-electron chi connectivity index (χ0n) is 18.2. The maximum absolute atomic E-state index is 9.91. The number of pyridine rings is 2. The van der Waals surface area contributed by atoms with Gasteiger partial charge in [-0.25, -0.2) is 9.97 Å². The molecular weight excluding hydrogens is 372 g/mol. The number of fused-ring (bicyclic) bond motifs is 5. The summed E-state index contributed by atoms with van der Waals surface area (Å²) in [5.41, 5.74) is 8.59. The second-order valence-corrected chi connectivity index (χ2v) is 8.74. The molecule has 4 heterocycles. The quantitative estimate of drug-likeness (QED) is 0.511. The summed E-state index contributed by atoms with van der Waals surface area (Å²) in [5, 5.41) is 10.9. The van der Waals surface area contributed by atoms with Crippen LogP contribution in [0.15, 0.2) is 24.3 Å². The fourth-order valence-electron chi connectivity index (χ4n) is 4.62. The van der Waals surface area contributed by atoms with Gasteiger partial charge in [0.1, 0.15) is 11.7 Å². The van der Waals surface area contributed by atoms with Gasteiger partial charge in [0.15, 0.2) is 5.65 Å². The van der Waals surface area contributed by atoms with Crippen molar-refractivity contribution in [1.29, 1.82) is 5.26 Å². The molecular formula is C24H26N6. The summed E-state index contributed by atoms with van der Waals surface area (Å²) in [7, 11) is 4.28. The van der Waals surface area contributed by atoms with Gasteiger partial charge < -0.3 is 9.80 Å². The van der Waals surface area contributed by atoms with E-state index in [0.717, 1.165) is 53.0 Å². The second kappa shape index (κ2) is 6.68. The first kappa shape index (κ1) is 18.8. The van der Waals surface area contributed by atoms with Crippen molar-refractivity contribution >= 4 is 33.4 Å². The van der Waals surface area contributed by atoms with E-state index in [9.17, 15) is 5.26 Å². The van der Waals surface area contributed by atoms with Crippen LogP contribution in [-0.4, -0.2) is 52.5 Å². The highest BCUT2D eigenvalue weighted by Crippen LogP contribution is 2.34. The van der Waals surface area contributed by atoms with E-state index in [2.05, 4.69) is 66.4 Å². The third kappa shape index (κ3) is 2.73. The van der Waals surface area contributed by atoms with Crippen molar-refractivity contribution in [1.82, 2.24) is 19.3 Å². The Hall–Kier alpha value is -3.17. The van der Waals surface area contributed by atoms with Gasteiger partial charge in [-0.05, 0) is 76.7 Å². The molecule has 3 aromatic heterocycles. The highest BCUT2D eigenvalue weighted by molar-refractivity contribution is 5.97. The van der Waals surface area contributed by atoms with Crippen LogP contribution in [-0.2, 0) is 0 Å². The van der Waals surface area contributed by atoms with Gasteiger partial charge in [0, 0.05) is 35.9 Å². The third-order valence-electron chi connectivity index (χ3n) is 6.51. The molecule has 0 amide bonds. The zero-order valence-corrected chi connectivity index (χ0v) is 18.2.